The van der Waals surface area contributed by atoms with Crippen LogP contribution in [0.15, 0.2) is 18.2 Å². The molecule has 0 spiro atoms. The molecule has 1 nitrogen and oxygen atoms in total. The van der Waals surface area contributed by atoms with Crippen molar-refractivity contribution in [3.8, 4) is 0 Å². The van der Waals surface area contributed by atoms with Crippen LogP contribution in [0.1, 0.15) is 91.2 Å². The van der Waals surface area contributed by atoms with Crippen molar-refractivity contribution in [3.05, 3.63) is 40.7 Å². The summed E-state index contributed by atoms with van der Waals surface area (Å²) in [5, 5.41) is 0. The van der Waals surface area contributed by atoms with Crippen molar-refractivity contribution in [1.82, 2.24) is 4.98 Å². The number of aromatic nitrogens is 1. The maximum atomic E-state index is 3.52. The molecule has 0 aromatic carbocycles. The number of hydrogen-bond donors (Lipinski definition) is 1. The second kappa shape index (κ2) is 19.8. The molecule has 0 saturated heterocycles. The van der Waals surface area contributed by atoms with Crippen LogP contribution in [0.5, 0.6) is 0 Å². The van der Waals surface area contributed by atoms with E-state index in [2.05, 4.69) is 44.8 Å². The smallest absolute Gasteiger partial charge is 0.0411 e. The SMILES string of the molecule is C/C=C\C.C/C=C\c1[nH]c(CCC)c(CC)c1C.CC.CC. The van der Waals surface area contributed by atoms with Gasteiger partial charge in [-0.25, -0.2) is 0 Å². The normalized spacial score (nSPS) is 9.55. The molecule has 1 heteroatoms. The fourth-order valence-corrected chi connectivity index (χ4v) is 2.00. The highest BCUT2D eigenvalue weighted by Crippen LogP contribution is 2.21. The predicted octanol–water partition coefficient (Wildman–Crippen LogP) is 7.51. The number of aromatic amines is 1. The van der Waals surface area contributed by atoms with Gasteiger partial charge in [0.05, 0.1) is 0 Å². The maximum Gasteiger partial charge on any atom is 0.0411 e. The summed E-state index contributed by atoms with van der Waals surface area (Å²) in [6.07, 6.45) is 11.8. The van der Waals surface area contributed by atoms with Crippen molar-refractivity contribution < 1.29 is 0 Å². The van der Waals surface area contributed by atoms with Gasteiger partial charge in [0.1, 0.15) is 0 Å². The molecule has 1 aromatic heterocycles. The van der Waals surface area contributed by atoms with E-state index < -0.39 is 0 Å². The average Bonchev–Trinajstić information content (AvgIpc) is 2.87. The molecule has 0 bridgehead atoms. The first-order valence-electron chi connectivity index (χ1n) is 9.06. The van der Waals surface area contributed by atoms with Crippen molar-refractivity contribution in [2.45, 2.75) is 88.5 Å². The summed E-state index contributed by atoms with van der Waals surface area (Å²) in [4.78, 5) is 3.52. The fourth-order valence-electron chi connectivity index (χ4n) is 2.00. The number of hydrogen-bond acceptors (Lipinski definition) is 0. The molecule has 0 aliphatic carbocycles. The van der Waals surface area contributed by atoms with Crippen molar-refractivity contribution in [3.63, 3.8) is 0 Å². The lowest BCUT2D eigenvalue weighted by molar-refractivity contribution is 0.871. The minimum absolute atomic E-state index is 1.13. The van der Waals surface area contributed by atoms with Gasteiger partial charge in [-0.2, -0.15) is 0 Å². The molecule has 0 amide bonds. The quantitative estimate of drug-likeness (QED) is 0.554. The van der Waals surface area contributed by atoms with Gasteiger partial charge in [0.2, 0.25) is 0 Å². The maximum absolute atomic E-state index is 3.52. The van der Waals surface area contributed by atoms with E-state index in [1.54, 1.807) is 0 Å². The molecule has 0 unspecified atom stereocenters. The Hall–Kier alpha value is -1.24. The van der Waals surface area contributed by atoms with Gasteiger partial charge in [-0.3, -0.25) is 0 Å². The lowest BCUT2D eigenvalue weighted by Gasteiger charge is -1.99. The van der Waals surface area contributed by atoms with Crippen molar-refractivity contribution in [2.75, 3.05) is 0 Å². The monoisotopic (exact) mass is 307 g/mol. The molecule has 22 heavy (non-hydrogen) atoms. The summed E-state index contributed by atoms with van der Waals surface area (Å²) < 4.78 is 0. The molecule has 0 atom stereocenters. The number of allylic oxidation sites excluding steroid dienone is 3. The molecule has 1 N–H and O–H groups in total. The van der Waals surface area contributed by atoms with Gasteiger partial charge in [0.25, 0.3) is 0 Å². The second-order valence-corrected chi connectivity index (χ2v) is 4.39. The second-order valence-electron chi connectivity index (χ2n) is 4.39. The highest BCUT2D eigenvalue weighted by Gasteiger charge is 2.09. The van der Waals surface area contributed by atoms with Gasteiger partial charge in [0.15, 0.2) is 0 Å². The third kappa shape index (κ3) is 10.5. The minimum Gasteiger partial charge on any atom is -0.358 e. The number of nitrogens with one attached hydrogen (secondary N) is 1. The van der Waals surface area contributed by atoms with E-state index in [1.165, 1.54) is 35.4 Å². The van der Waals surface area contributed by atoms with Crippen LogP contribution < -0.4 is 0 Å². The molecule has 0 radical (unpaired) electrons. The summed E-state index contributed by atoms with van der Waals surface area (Å²) in [5.74, 6) is 0. The molecule has 0 saturated carbocycles. The Morgan fingerprint density at radius 2 is 1.36 bits per heavy atom. The topological polar surface area (TPSA) is 15.8 Å². The zero-order valence-corrected chi connectivity index (χ0v) is 16.9. The highest BCUT2D eigenvalue weighted by atomic mass is 14.7. The van der Waals surface area contributed by atoms with E-state index in [0.717, 1.165) is 6.42 Å². The Morgan fingerprint density at radius 1 is 0.864 bits per heavy atom. The van der Waals surface area contributed by atoms with Crippen LogP contribution in [0, 0.1) is 6.92 Å². The molecule has 1 heterocycles. The first-order valence-corrected chi connectivity index (χ1v) is 9.06. The van der Waals surface area contributed by atoms with Crippen LogP contribution in [0.2, 0.25) is 0 Å². The van der Waals surface area contributed by atoms with Gasteiger partial charge >= 0.3 is 0 Å². The third-order valence-corrected chi connectivity index (χ3v) is 3.03. The summed E-state index contributed by atoms with van der Waals surface area (Å²) >= 11 is 0. The van der Waals surface area contributed by atoms with Crippen molar-refractivity contribution in [1.29, 1.82) is 0 Å². The predicted molar refractivity (Wildman–Crippen MR) is 107 cm³/mol. The Balaban J connectivity index is -0.000000383. The van der Waals surface area contributed by atoms with E-state index >= 15 is 0 Å². The van der Waals surface area contributed by atoms with Crippen LogP contribution in [-0.4, -0.2) is 4.98 Å². The molecule has 1 rings (SSSR count). The van der Waals surface area contributed by atoms with Crippen molar-refractivity contribution >= 4 is 6.08 Å². The van der Waals surface area contributed by atoms with E-state index in [1.807, 2.05) is 53.7 Å². The Bertz CT molecular complexity index is 377. The average molecular weight is 308 g/mol. The van der Waals surface area contributed by atoms with E-state index in [9.17, 15) is 0 Å². The fraction of sp³-hybridized carbons (Fsp3) is 0.619. The van der Waals surface area contributed by atoms with Crippen LogP contribution >= 0.6 is 0 Å². The van der Waals surface area contributed by atoms with E-state index in [0.29, 0.717) is 0 Å². The van der Waals surface area contributed by atoms with E-state index in [-0.39, 0.29) is 0 Å². The Labute approximate surface area is 140 Å². The molecule has 0 fully saturated rings. The van der Waals surface area contributed by atoms with Gasteiger partial charge in [0, 0.05) is 11.4 Å². The molecule has 1 aromatic rings. The van der Waals surface area contributed by atoms with Crippen LogP contribution in [0.4, 0.5) is 0 Å². The van der Waals surface area contributed by atoms with Crippen LogP contribution in [-0.2, 0) is 12.8 Å². The summed E-state index contributed by atoms with van der Waals surface area (Å²) in [5.41, 5.74) is 5.65. The summed E-state index contributed by atoms with van der Waals surface area (Å²) in [6, 6.07) is 0. The van der Waals surface area contributed by atoms with E-state index in [4.69, 9.17) is 0 Å². The largest absolute Gasteiger partial charge is 0.358 e. The first-order chi connectivity index (χ1) is 10.7. The van der Waals surface area contributed by atoms with Gasteiger partial charge < -0.3 is 4.98 Å². The summed E-state index contributed by atoms with van der Waals surface area (Å²) in [6.45, 7) is 20.7. The molecule has 0 aliphatic rings. The molecular formula is C21H41N. The Morgan fingerprint density at radius 3 is 1.68 bits per heavy atom. The minimum atomic E-state index is 1.13. The standard InChI is InChI=1S/C13H21N.C4H8.2C2H6/c1-5-8-12-10(4)11(7-3)13(14-12)9-6-2;1-3-4-2;2*1-2/h5,8,14H,6-7,9H2,1-4H3;3-4H,1-2H3;2*1-2H3/b8-5-;4-3-;;. The number of aryl methyl sites for hydroxylation is 1. The number of rotatable bonds is 4. The van der Waals surface area contributed by atoms with Crippen LogP contribution in [0.25, 0.3) is 6.08 Å². The van der Waals surface area contributed by atoms with Crippen molar-refractivity contribution in [2.24, 2.45) is 0 Å². The molecule has 130 valence electrons. The lowest BCUT2D eigenvalue weighted by Crippen LogP contribution is -1.90. The third-order valence-electron chi connectivity index (χ3n) is 3.03. The zero-order valence-electron chi connectivity index (χ0n) is 16.9. The molecule has 0 aliphatic heterocycles. The first kappa shape index (κ1) is 25.7. The lowest BCUT2D eigenvalue weighted by atomic mass is 10.1. The van der Waals surface area contributed by atoms with Gasteiger partial charge in [-0.05, 0) is 57.7 Å². The van der Waals surface area contributed by atoms with Crippen LogP contribution in [0.3, 0.4) is 0 Å². The number of H-pyrrole nitrogens is 1. The summed E-state index contributed by atoms with van der Waals surface area (Å²) in [7, 11) is 0. The zero-order chi connectivity index (χ0) is 18.0. The highest BCUT2D eigenvalue weighted by molar-refractivity contribution is 5.54. The van der Waals surface area contributed by atoms with Gasteiger partial charge in [-0.15, -0.1) is 0 Å². The van der Waals surface area contributed by atoms with Gasteiger partial charge in [-0.1, -0.05) is 66.2 Å². The Kier molecular flexibility index (Phi) is 23.1. The molecular weight excluding hydrogens is 266 g/mol.